The quantitative estimate of drug-likeness (QED) is 0.518. The van der Waals surface area contributed by atoms with Gasteiger partial charge in [0.25, 0.3) is 0 Å². The molecule has 0 aliphatic heterocycles. The molecule has 2 rings (SSSR count). The normalized spacial score (nSPS) is 13.4. The van der Waals surface area contributed by atoms with Gasteiger partial charge in [-0.2, -0.15) is 18.3 Å². The molecule has 3 N–H and O–H groups in total. The minimum atomic E-state index is -4.74. The van der Waals surface area contributed by atoms with Crippen molar-refractivity contribution in [2.24, 2.45) is 12.9 Å². The molecule has 2 aromatic rings. The van der Waals surface area contributed by atoms with Crippen molar-refractivity contribution in [3.05, 3.63) is 53.1 Å². The van der Waals surface area contributed by atoms with Gasteiger partial charge in [0, 0.05) is 18.8 Å². The van der Waals surface area contributed by atoms with E-state index in [-0.39, 0.29) is 12.0 Å². The van der Waals surface area contributed by atoms with Gasteiger partial charge >= 0.3 is 6.18 Å². The van der Waals surface area contributed by atoms with Crippen molar-refractivity contribution in [2.75, 3.05) is 0 Å². The van der Waals surface area contributed by atoms with E-state index in [0.717, 1.165) is 11.6 Å². The second kappa shape index (κ2) is 5.82. The summed E-state index contributed by atoms with van der Waals surface area (Å²) >= 11 is 0. The maximum Gasteiger partial charge on any atom is 0.419 e. The van der Waals surface area contributed by atoms with Crippen molar-refractivity contribution >= 4 is 0 Å². The molecule has 0 saturated carbocycles. The molecule has 1 unspecified atom stereocenters. The van der Waals surface area contributed by atoms with Gasteiger partial charge in [0.15, 0.2) is 0 Å². The molecule has 21 heavy (non-hydrogen) atoms. The molecule has 0 radical (unpaired) electrons. The molecule has 114 valence electrons. The summed E-state index contributed by atoms with van der Waals surface area (Å²) in [6, 6.07) is 2.37. The lowest BCUT2D eigenvalue weighted by Crippen LogP contribution is -2.30. The topological polar surface area (TPSA) is 55.9 Å². The third-order valence-electron chi connectivity index (χ3n) is 3.11. The number of nitrogens with zero attached hydrogens (tertiary/aromatic N) is 2. The number of nitrogens with one attached hydrogen (secondary N) is 1. The minimum Gasteiger partial charge on any atom is -0.276 e. The van der Waals surface area contributed by atoms with Crippen molar-refractivity contribution in [1.29, 1.82) is 0 Å². The van der Waals surface area contributed by atoms with Crippen molar-refractivity contribution < 1.29 is 17.6 Å². The number of hydrazine groups is 1. The first kappa shape index (κ1) is 15.5. The van der Waals surface area contributed by atoms with Crippen LogP contribution >= 0.6 is 0 Å². The number of alkyl halides is 3. The van der Waals surface area contributed by atoms with Crippen LogP contribution in [0.25, 0.3) is 0 Å². The van der Waals surface area contributed by atoms with E-state index in [0.29, 0.717) is 6.07 Å². The number of nitrogens with two attached hydrogens (primary N) is 1. The third-order valence-corrected chi connectivity index (χ3v) is 3.11. The van der Waals surface area contributed by atoms with Crippen LogP contribution in [0, 0.1) is 5.82 Å². The fourth-order valence-corrected chi connectivity index (χ4v) is 2.11. The molecule has 0 fully saturated rings. The molecule has 8 heteroatoms. The third kappa shape index (κ3) is 3.40. The number of aromatic nitrogens is 2. The summed E-state index contributed by atoms with van der Waals surface area (Å²) in [7, 11) is 1.71. The van der Waals surface area contributed by atoms with Crippen molar-refractivity contribution in [3.63, 3.8) is 0 Å². The molecule has 4 nitrogen and oxygen atoms in total. The molecule has 0 bridgehead atoms. The average Bonchev–Trinajstić information content (AvgIpc) is 2.81. The summed E-state index contributed by atoms with van der Waals surface area (Å²) in [5, 5.41) is 3.95. The van der Waals surface area contributed by atoms with Crippen LogP contribution in [0.2, 0.25) is 0 Å². The Labute approximate surface area is 118 Å². The van der Waals surface area contributed by atoms with Gasteiger partial charge in [0.2, 0.25) is 0 Å². The first-order valence-electron chi connectivity index (χ1n) is 6.12. The van der Waals surface area contributed by atoms with Crippen LogP contribution in [0.5, 0.6) is 0 Å². The Bertz CT molecular complexity index is 621. The highest BCUT2D eigenvalue weighted by atomic mass is 19.4. The van der Waals surface area contributed by atoms with Crippen LogP contribution in [0.3, 0.4) is 0 Å². The van der Waals surface area contributed by atoms with Gasteiger partial charge in [0.1, 0.15) is 5.82 Å². The molecule has 0 saturated heterocycles. The lowest BCUT2D eigenvalue weighted by Gasteiger charge is -2.18. The lowest BCUT2D eigenvalue weighted by molar-refractivity contribution is -0.140. The Balaban J connectivity index is 2.34. The molecule has 0 amide bonds. The second-order valence-corrected chi connectivity index (χ2v) is 4.65. The fourth-order valence-electron chi connectivity index (χ4n) is 2.11. The Hall–Kier alpha value is -1.93. The van der Waals surface area contributed by atoms with Crippen LogP contribution in [-0.4, -0.2) is 9.78 Å². The van der Waals surface area contributed by atoms with Gasteiger partial charge in [-0.1, -0.05) is 12.1 Å². The summed E-state index contributed by atoms with van der Waals surface area (Å²) in [6.45, 7) is 0. The van der Waals surface area contributed by atoms with E-state index in [1.807, 2.05) is 0 Å². The minimum absolute atomic E-state index is 0.129. The van der Waals surface area contributed by atoms with E-state index in [1.54, 1.807) is 24.1 Å². The van der Waals surface area contributed by atoms with E-state index in [2.05, 4.69) is 10.5 Å². The van der Waals surface area contributed by atoms with Gasteiger partial charge in [0.05, 0.1) is 17.8 Å². The zero-order chi connectivity index (χ0) is 15.6. The van der Waals surface area contributed by atoms with Gasteiger partial charge in [-0.15, -0.1) is 0 Å². The van der Waals surface area contributed by atoms with E-state index in [4.69, 9.17) is 5.84 Å². The summed E-state index contributed by atoms with van der Waals surface area (Å²) in [4.78, 5) is 0. The Morgan fingerprint density at radius 1 is 1.38 bits per heavy atom. The van der Waals surface area contributed by atoms with Gasteiger partial charge in [-0.3, -0.25) is 16.0 Å². The van der Waals surface area contributed by atoms with Crippen molar-refractivity contribution in [2.45, 2.75) is 18.6 Å². The first-order chi connectivity index (χ1) is 9.82. The smallest absolute Gasteiger partial charge is 0.276 e. The maximum absolute atomic E-state index is 14.1. The predicted molar refractivity (Wildman–Crippen MR) is 68.4 cm³/mol. The number of halogens is 4. The number of aryl methyl sites for hydroxylation is 1. The standard InChI is InChI=1S/C13H14F4N4/c1-21-7-8(6-19-21)5-11(20-18)9-3-2-4-10(12(9)14)13(15,16)17/h2-4,6-7,11,20H,5,18H2,1H3. The molecular formula is C13H14F4N4. The van der Waals surface area contributed by atoms with E-state index in [9.17, 15) is 17.6 Å². The van der Waals surface area contributed by atoms with Crippen LogP contribution in [-0.2, 0) is 19.6 Å². The molecule has 0 aliphatic carbocycles. The van der Waals surface area contributed by atoms with E-state index >= 15 is 0 Å². The van der Waals surface area contributed by atoms with Crippen LogP contribution in [0.4, 0.5) is 17.6 Å². The molecular weight excluding hydrogens is 288 g/mol. The summed E-state index contributed by atoms with van der Waals surface area (Å²) < 4.78 is 53.8. The number of hydrogen-bond acceptors (Lipinski definition) is 3. The van der Waals surface area contributed by atoms with Crippen LogP contribution < -0.4 is 11.3 Å². The number of hydrogen-bond donors (Lipinski definition) is 2. The monoisotopic (exact) mass is 302 g/mol. The second-order valence-electron chi connectivity index (χ2n) is 4.65. The van der Waals surface area contributed by atoms with Gasteiger partial charge in [-0.05, 0) is 18.1 Å². The molecule has 1 atom stereocenters. The zero-order valence-electron chi connectivity index (χ0n) is 11.2. The average molecular weight is 302 g/mol. The maximum atomic E-state index is 14.1. The highest BCUT2D eigenvalue weighted by Gasteiger charge is 2.35. The molecule has 1 heterocycles. The Morgan fingerprint density at radius 2 is 2.10 bits per heavy atom. The predicted octanol–water partition coefficient (Wildman–Crippen LogP) is 2.33. The highest BCUT2D eigenvalue weighted by Crippen LogP contribution is 2.34. The van der Waals surface area contributed by atoms with Crippen LogP contribution in [0.1, 0.15) is 22.7 Å². The lowest BCUT2D eigenvalue weighted by atomic mass is 9.98. The molecule has 0 spiro atoms. The van der Waals surface area contributed by atoms with Crippen molar-refractivity contribution in [3.8, 4) is 0 Å². The highest BCUT2D eigenvalue weighted by molar-refractivity contribution is 5.31. The summed E-state index contributed by atoms with van der Waals surface area (Å²) in [5.41, 5.74) is 1.66. The zero-order valence-corrected chi connectivity index (χ0v) is 11.2. The summed E-state index contributed by atoms with van der Waals surface area (Å²) in [5.74, 6) is 4.05. The van der Waals surface area contributed by atoms with Crippen molar-refractivity contribution in [1.82, 2.24) is 15.2 Å². The van der Waals surface area contributed by atoms with Crippen LogP contribution in [0.15, 0.2) is 30.6 Å². The van der Waals surface area contributed by atoms with E-state index < -0.39 is 23.6 Å². The Kier molecular flexibility index (Phi) is 4.29. The first-order valence-corrected chi connectivity index (χ1v) is 6.12. The fraction of sp³-hybridized carbons (Fsp3) is 0.308. The summed E-state index contributed by atoms with van der Waals surface area (Å²) in [6.07, 6.45) is -1.28. The van der Waals surface area contributed by atoms with E-state index in [1.165, 1.54) is 6.07 Å². The molecule has 1 aromatic carbocycles. The SMILES string of the molecule is Cn1cc(CC(NN)c2cccc(C(F)(F)F)c2F)cn1. The number of rotatable bonds is 4. The van der Waals surface area contributed by atoms with Gasteiger partial charge in [-0.25, -0.2) is 4.39 Å². The Morgan fingerprint density at radius 3 is 2.62 bits per heavy atom. The molecule has 0 aliphatic rings. The molecule has 1 aromatic heterocycles. The van der Waals surface area contributed by atoms with Gasteiger partial charge < -0.3 is 0 Å². The largest absolute Gasteiger partial charge is 0.419 e. The number of benzene rings is 1.